The third-order valence-corrected chi connectivity index (χ3v) is 4.11. The first-order valence-electron chi connectivity index (χ1n) is 8.02. The number of nitrogens with one attached hydrogen (secondary N) is 1. The van der Waals surface area contributed by atoms with Crippen LogP contribution in [0.15, 0.2) is 11.6 Å². The first-order valence-corrected chi connectivity index (χ1v) is 8.02. The molecular formula is C16H28N2O3. The number of rotatable bonds is 6. The molecule has 0 spiro atoms. The van der Waals surface area contributed by atoms with E-state index in [1.807, 2.05) is 0 Å². The second kappa shape index (κ2) is 7.92. The zero-order chi connectivity index (χ0) is 15.1. The van der Waals surface area contributed by atoms with Crippen molar-refractivity contribution in [2.75, 3.05) is 39.4 Å². The summed E-state index contributed by atoms with van der Waals surface area (Å²) in [6.07, 6.45) is 7.23. The van der Waals surface area contributed by atoms with E-state index in [1.54, 1.807) is 6.92 Å². The van der Waals surface area contributed by atoms with Crippen LogP contribution in [0.3, 0.4) is 0 Å². The molecule has 0 aromatic carbocycles. The Bertz CT molecular complexity index is 374. The van der Waals surface area contributed by atoms with Gasteiger partial charge in [0, 0.05) is 32.6 Å². The van der Waals surface area contributed by atoms with Crippen LogP contribution in [0.2, 0.25) is 0 Å². The summed E-state index contributed by atoms with van der Waals surface area (Å²) in [5.74, 6) is 0.0189. The van der Waals surface area contributed by atoms with Crippen molar-refractivity contribution in [3.05, 3.63) is 11.6 Å². The summed E-state index contributed by atoms with van der Waals surface area (Å²) in [6, 6.07) is 0. The highest BCUT2D eigenvalue weighted by Crippen LogP contribution is 2.19. The summed E-state index contributed by atoms with van der Waals surface area (Å²) in [6.45, 7) is 5.78. The van der Waals surface area contributed by atoms with Crippen LogP contribution >= 0.6 is 0 Å². The van der Waals surface area contributed by atoms with Gasteiger partial charge in [0.05, 0.1) is 18.8 Å². The number of hydrogen-bond acceptors (Lipinski definition) is 4. The molecule has 2 N–H and O–H groups in total. The van der Waals surface area contributed by atoms with Crippen molar-refractivity contribution in [3.8, 4) is 0 Å². The summed E-state index contributed by atoms with van der Waals surface area (Å²) >= 11 is 0. The van der Waals surface area contributed by atoms with Crippen LogP contribution in [0.5, 0.6) is 0 Å². The first-order chi connectivity index (χ1) is 10.1. The maximum absolute atomic E-state index is 12.0. The van der Waals surface area contributed by atoms with Gasteiger partial charge >= 0.3 is 0 Å². The molecule has 1 aliphatic heterocycles. The minimum absolute atomic E-state index is 0.0189. The number of aliphatic hydroxyl groups is 1. The molecule has 1 heterocycles. The van der Waals surface area contributed by atoms with Crippen molar-refractivity contribution in [2.45, 2.75) is 44.6 Å². The van der Waals surface area contributed by atoms with E-state index in [-0.39, 0.29) is 5.91 Å². The van der Waals surface area contributed by atoms with Crippen LogP contribution < -0.4 is 5.32 Å². The summed E-state index contributed by atoms with van der Waals surface area (Å²) in [5, 5.41) is 13.3. The van der Waals surface area contributed by atoms with Crippen molar-refractivity contribution in [1.29, 1.82) is 0 Å². The number of ether oxygens (including phenoxy) is 1. The quantitative estimate of drug-likeness (QED) is 0.720. The fourth-order valence-electron chi connectivity index (χ4n) is 2.92. The third-order valence-electron chi connectivity index (χ3n) is 4.11. The standard InChI is InChI=1S/C16H28N2O3/c1-16(20,13-18-7-9-21-10-8-18)12-17-15(19)11-14-5-3-2-4-6-14/h5,20H,2-4,6-13H2,1H3,(H,17,19)/t16-/m0/s1. The van der Waals surface area contributed by atoms with Crippen LogP contribution in [-0.4, -0.2) is 60.9 Å². The summed E-state index contributed by atoms with van der Waals surface area (Å²) < 4.78 is 5.30. The Labute approximate surface area is 127 Å². The normalized spacial score (nSPS) is 23.2. The minimum atomic E-state index is -0.895. The second-order valence-corrected chi connectivity index (χ2v) is 6.45. The minimum Gasteiger partial charge on any atom is -0.387 e. The van der Waals surface area contributed by atoms with Gasteiger partial charge in [-0.3, -0.25) is 9.69 Å². The van der Waals surface area contributed by atoms with Crippen molar-refractivity contribution in [1.82, 2.24) is 10.2 Å². The van der Waals surface area contributed by atoms with Gasteiger partial charge in [0.2, 0.25) is 5.91 Å². The fraction of sp³-hybridized carbons (Fsp3) is 0.812. The summed E-state index contributed by atoms with van der Waals surface area (Å²) in [4.78, 5) is 14.1. The molecule has 5 nitrogen and oxygen atoms in total. The molecule has 1 amide bonds. The SMILES string of the molecule is C[C@](O)(CNC(=O)CC1=CCCCC1)CN1CCOCC1. The fourth-order valence-corrected chi connectivity index (χ4v) is 2.92. The Hall–Kier alpha value is -0.910. The van der Waals surface area contributed by atoms with E-state index in [9.17, 15) is 9.90 Å². The number of β-amino-alcohol motifs (C(OH)–C–C–N with tert-alkyl or cyclic N) is 1. The average molecular weight is 296 g/mol. The van der Waals surface area contributed by atoms with Gasteiger partial charge in [-0.25, -0.2) is 0 Å². The first kappa shape index (κ1) is 16.5. The Morgan fingerprint density at radius 3 is 2.86 bits per heavy atom. The molecule has 120 valence electrons. The molecule has 5 heteroatoms. The maximum atomic E-state index is 12.0. The van der Waals surface area contributed by atoms with Crippen LogP contribution in [-0.2, 0) is 9.53 Å². The zero-order valence-corrected chi connectivity index (χ0v) is 13.1. The van der Waals surface area contributed by atoms with Crippen molar-refractivity contribution in [3.63, 3.8) is 0 Å². The number of nitrogens with zero attached hydrogens (tertiary/aromatic N) is 1. The van der Waals surface area contributed by atoms with E-state index in [4.69, 9.17) is 4.74 Å². The number of allylic oxidation sites excluding steroid dienone is 1. The van der Waals surface area contributed by atoms with Gasteiger partial charge in [-0.2, -0.15) is 0 Å². The lowest BCUT2D eigenvalue weighted by atomic mass is 9.97. The third kappa shape index (κ3) is 6.16. The Morgan fingerprint density at radius 1 is 1.43 bits per heavy atom. The highest BCUT2D eigenvalue weighted by Gasteiger charge is 2.25. The molecule has 0 aromatic rings. The van der Waals surface area contributed by atoms with Gasteiger partial charge in [0.1, 0.15) is 0 Å². The topological polar surface area (TPSA) is 61.8 Å². The second-order valence-electron chi connectivity index (χ2n) is 6.45. The monoisotopic (exact) mass is 296 g/mol. The van der Waals surface area contributed by atoms with Crippen LogP contribution in [0.1, 0.15) is 39.0 Å². The van der Waals surface area contributed by atoms with Crippen LogP contribution in [0, 0.1) is 0 Å². The number of carbonyl (C=O) groups is 1. The Kier molecular flexibility index (Phi) is 6.21. The van der Waals surface area contributed by atoms with Crippen molar-refractivity contribution >= 4 is 5.91 Å². The smallest absolute Gasteiger partial charge is 0.224 e. The average Bonchev–Trinajstić information content (AvgIpc) is 2.47. The lowest BCUT2D eigenvalue weighted by Gasteiger charge is -2.33. The van der Waals surface area contributed by atoms with Gasteiger partial charge in [-0.15, -0.1) is 0 Å². The maximum Gasteiger partial charge on any atom is 0.224 e. The Morgan fingerprint density at radius 2 is 2.19 bits per heavy atom. The molecule has 1 saturated heterocycles. The summed E-state index contributed by atoms with van der Waals surface area (Å²) in [5.41, 5.74) is 0.347. The molecule has 0 radical (unpaired) electrons. The number of hydrogen-bond donors (Lipinski definition) is 2. The number of carbonyl (C=O) groups excluding carboxylic acids is 1. The molecule has 21 heavy (non-hydrogen) atoms. The predicted octanol–water partition coefficient (Wildman–Crippen LogP) is 1.08. The molecule has 0 unspecified atom stereocenters. The molecule has 1 atom stereocenters. The molecule has 0 saturated carbocycles. The van der Waals surface area contributed by atoms with E-state index in [0.29, 0.717) is 19.5 Å². The van der Waals surface area contributed by atoms with Gasteiger partial charge in [0.15, 0.2) is 0 Å². The van der Waals surface area contributed by atoms with Gasteiger partial charge < -0.3 is 15.2 Å². The molecule has 2 aliphatic rings. The Balaban J connectivity index is 1.69. The summed E-state index contributed by atoms with van der Waals surface area (Å²) in [7, 11) is 0. The van der Waals surface area contributed by atoms with E-state index in [0.717, 1.165) is 39.1 Å². The molecule has 1 fully saturated rings. The highest BCUT2D eigenvalue weighted by atomic mass is 16.5. The number of morpholine rings is 1. The van der Waals surface area contributed by atoms with E-state index < -0.39 is 5.60 Å². The number of amides is 1. The predicted molar refractivity (Wildman–Crippen MR) is 82.1 cm³/mol. The van der Waals surface area contributed by atoms with E-state index >= 15 is 0 Å². The van der Waals surface area contributed by atoms with Gasteiger partial charge in [0.25, 0.3) is 0 Å². The zero-order valence-electron chi connectivity index (χ0n) is 13.1. The van der Waals surface area contributed by atoms with Crippen LogP contribution in [0.4, 0.5) is 0 Å². The van der Waals surface area contributed by atoms with Gasteiger partial charge in [-0.1, -0.05) is 11.6 Å². The van der Waals surface area contributed by atoms with E-state index in [2.05, 4.69) is 16.3 Å². The van der Waals surface area contributed by atoms with Crippen LogP contribution in [0.25, 0.3) is 0 Å². The van der Waals surface area contributed by atoms with Crippen molar-refractivity contribution in [2.24, 2.45) is 0 Å². The lowest BCUT2D eigenvalue weighted by molar-refractivity contribution is -0.122. The largest absolute Gasteiger partial charge is 0.387 e. The van der Waals surface area contributed by atoms with E-state index in [1.165, 1.54) is 18.4 Å². The van der Waals surface area contributed by atoms with Crippen molar-refractivity contribution < 1.29 is 14.6 Å². The highest BCUT2D eigenvalue weighted by molar-refractivity contribution is 5.78. The lowest BCUT2D eigenvalue weighted by Crippen LogP contribution is -2.51. The molecule has 0 bridgehead atoms. The molecular weight excluding hydrogens is 268 g/mol. The van der Waals surface area contributed by atoms with Gasteiger partial charge in [-0.05, 0) is 32.6 Å². The molecule has 1 aliphatic carbocycles. The molecule has 2 rings (SSSR count). The molecule has 0 aromatic heterocycles.